The SMILES string of the molecule is O[C@@H]1CCC(Nc2cnc3cc(F)c(F)cc3n2)C[C@@H]1O. The zero-order chi connectivity index (χ0) is 15.0. The van der Waals surface area contributed by atoms with Gasteiger partial charge in [-0.3, -0.25) is 4.98 Å². The van der Waals surface area contributed by atoms with Crippen LogP contribution < -0.4 is 5.32 Å². The maximum absolute atomic E-state index is 13.2. The summed E-state index contributed by atoms with van der Waals surface area (Å²) in [5.74, 6) is -1.49. The molecule has 0 bridgehead atoms. The Balaban J connectivity index is 1.80. The van der Waals surface area contributed by atoms with Gasteiger partial charge in [0.05, 0.1) is 29.4 Å². The fourth-order valence-corrected chi connectivity index (χ4v) is 2.55. The number of nitrogens with zero attached hydrogens (tertiary/aromatic N) is 2. The van der Waals surface area contributed by atoms with Gasteiger partial charge in [-0.25, -0.2) is 13.8 Å². The van der Waals surface area contributed by atoms with Gasteiger partial charge in [-0.1, -0.05) is 0 Å². The first-order valence-electron chi connectivity index (χ1n) is 6.77. The minimum Gasteiger partial charge on any atom is -0.390 e. The first-order valence-corrected chi connectivity index (χ1v) is 6.77. The highest BCUT2D eigenvalue weighted by Gasteiger charge is 2.27. The Kier molecular flexibility index (Phi) is 3.69. The van der Waals surface area contributed by atoms with Gasteiger partial charge in [0, 0.05) is 18.2 Å². The van der Waals surface area contributed by atoms with Crippen LogP contribution in [0.25, 0.3) is 11.0 Å². The van der Waals surface area contributed by atoms with E-state index in [4.69, 9.17) is 0 Å². The average Bonchev–Trinajstić information content (AvgIpc) is 2.44. The summed E-state index contributed by atoms with van der Waals surface area (Å²) >= 11 is 0. The van der Waals surface area contributed by atoms with E-state index in [1.165, 1.54) is 6.20 Å². The van der Waals surface area contributed by atoms with Crippen molar-refractivity contribution < 1.29 is 19.0 Å². The minimum absolute atomic E-state index is 0.0413. The highest BCUT2D eigenvalue weighted by atomic mass is 19.2. The third kappa shape index (κ3) is 2.93. The highest BCUT2D eigenvalue weighted by Crippen LogP contribution is 2.23. The predicted octanol–water partition coefficient (Wildman–Crippen LogP) is 1.59. The summed E-state index contributed by atoms with van der Waals surface area (Å²) in [4.78, 5) is 8.23. The second-order valence-corrected chi connectivity index (χ2v) is 5.30. The molecule has 1 aromatic carbocycles. The molecule has 0 radical (unpaired) electrons. The Morgan fingerprint density at radius 2 is 1.76 bits per heavy atom. The number of anilines is 1. The molecule has 0 aliphatic heterocycles. The molecule has 3 rings (SSSR count). The molecule has 7 heteroatoms. The molecule has 3 atom stereocenters. The van der Waals surface area contributed by atoms with Gasteiger partial charge in [-0.15, -0.1) is 0 Å². The first kappa shape index (κ1) is 14.1. The lowest BCUT2D eigenvalue weighted by Crippen LogP contribution is -2.39. The number of hydrogen-bond donors (Lipinski definition) is 3. The van der Waals surface area contributed by atoms with Crippen molar-refractivity contribution in [3.63, 3.8) is 0 Å². The molecule has 0 saturated heterocycles. The summed E-state index contributed by atoms with van der Waals surface area (Å²) in [6, 6.07) is 1.96. The van der Waals surface area contributed by atoms with Crippen LogP contribution in [0.3, 0.4) is 0 Å². The predicted molar refractivity (Wildman–Crippen MR) is 72.7 cm³/mol. The van der Waals surface area contributed by atoms with Crippen LogP contribution in [0.1, 0.15) is 19.3 Å². The van der Waals surface area contributed by atoms with Crippen LogP contribution in [0.15, 0.2) is 18.3 Å². The van der Waals surface area contributed by atoms with Crippen LogP contribution in [0, 0.1) is 11.6 Å². The molecule has 1 aliphatic carbocycles. The van der Waals surface area contributed by atoms with Gasteiger partial charge in [0.15, 0.2) is 11.6 Å². The van der Waals surface area contributed by atoms with E-state index in [1.54, 1.807) is 0 Å². The molecule has 112 valence electrons. The van der Waals surface area contributed by atoms with Crippen LogP contribution in [-0.2, 0) is 0 Å². The summed E-state index contributed by atoms with van der Waals surface area (Å²) in [7, 11) is 0. The van der Waals surface area contributed by atoms with E-state index in [2.05, 4.69) is 15.3 Å². The topological polar surface area (TPSA) is 78.3 Å². The molecule has 21 heavy (non-hydrogen) atoms. The molecule has 1 unspecified atom stereocenters. The van der Waals surface area contributed by atoms with Crippen molar-refractivity contribution in [1.82, 2.24) is 9.97 Å². The van der Waals surface area contributed by atoms with Crippen LogP contribution in [0.4, 0.5) is 14.6 Å². The van der Waals surface area contributed by atoms with Crippen LogP contribution >= 0.6 is 0 Å². The normalized spacial score (nSPS) is 26.0. The number of aliphatic hydroxyl groups excluding tert-OH is 2. The molecule has 1 aromatic heterocycles. The summed E-state index contributed by atoms with van der Waals surface area (Å²) in [6.45, 7) is 0. The molecule has 1 saturated carbocycles. The fourth-order valence-electron chi connectivity index (χ4n) is 2.55. The monoisotopic (exact) mass is 295 g/mol. The molecule has 0 amide bonds. The molecule has 5 nitrogen and oxygen atoms in total. The minimum atomic E-state index is -0.967. The van der Waals surface area contributed by atoms with Gasteiger partial charge in [0.1, 0.15) is 5.82 Å². The van der Waals surface area contributed by atoms with Crippen LogP contribution in [0.5, 0.6) is 0 Å². The van der Waals surface area contributed by atoms with Crippen molar-refractivity contribution in [2.75, 3.05) is 5.32 Å². The van der Waals surface area contributed by atoms with E-state index in [9.17, 15) is 19.0 Å². The third-order valence-electron chi connectivity index (χ3n) is 3.72. The lowest BCUT2D eigenvalue weighted by Gasteiger charge is -2.30. The van der Waals surface area contributed by atoms with E-state index in [1.807, 2.05) is 0 Å². The summed E-state index contributed by atoms with van der Waals surface area (Å²) in [5.41, 5.74) is 0.536. The highest BCUT2D eigenvalue weighted by molar-refractivity contribution is 5.75. The average molecular weight is 295 g/mol. The van der Waals surface area contributed by atoms with Gasteiger partial charge in [-0.2, -0.15) is 0 Å². The fraction of sp³-hybridized carbons (Fsp3) is 0.429. The summed E-state index contributed by atoms with van der Waals surface area (Å²) in [6.07, 6.45) is 1.57. The van der Waals surface area contributed by atoms with Gasteiger partial charge < -0.3 is 15.5 Å². The van der Waals surface area contributed by atoms with Crippen molar-refractivity contribution in [2.24, 2.45) is 0 Å². The molecule has 1 heterocycles. The zero-order valence-electron chi connectivity index (χ0n) is 11.1. The van der Waals surface area contributed by atoms with Crippen LogP contribution in [0.2, 0.25) is 0 Å². The van der Waals surface area contributed by atoms with Crippen molar-refractivity contribution in [2.45, 2.75) is 37.5 Å². The number of hydrogen-bond acceptors (Lipinski definition) is 5. The molecule has 2 aromatic rings. The van der Waals surface area contributed by atoms with E-state index >= 15 is 0 Å². The van der Waals surface area contributed by atoms with Crippen molar-refractivity contribution >= 4 is 16.9 Å². The quantitative estimate of drug-likeness (QED) is 0.784. The molecular formula is C14H15F2N3O2. The Labute approximate surface area is 119 Å². The van der Waals surface area contributed by atoms with Gasteiger partial charge in [0.25, 0.3) is 0 Å². The Morgan fingerprint density at radius 3 is 2.48 bits per heavy atom. The van der Waals surface area contributed by atoms with E-state index in [0.29, 0.717) is 25.1 Å². The molecule has 1 aliphatic rings. The smallest absolute Gasteiger partial charge is 0.161 e. The van der Waals surface area contributed by atoms with Gasteiger partial charge in [-0.05, 0) is 19.3 Å². The third-order valence-corrected chi connectivity index (χ3v) is 3.72. The lowest BCUT2D eigenvalue weighted by molar-refractivity contribution is -0.0120. The molecule has 3 N–H and O–H groups in total. The van der Waals surface area contributed by atoms with Crippen molar-refractivity contribution in [3.05, 3.63) is 30.0 Å². The van der Waals surface area contributed by atoms with Gasteiger partial charge >= 0.3 is 0 Å². The zero-order valence-corrected chi connectivity index (χ0v) is 11.1. The second kappa shape index (κ2) is 5.50. The lowest BCUT2D eigenvalue weighted by atomic mass is 9.90. The first-order chi connectivity index (χ1) is 10.0. The van der Waals surface area contributed by atoms with Gasteiger partial charge in [0.2, 0.25) is 0 Å². The second-order valence-electron chi connectivity index (χ2n) is 5.30. The number of fused-ring (bicyclic) bond motifs is 1. The van der Waals surface area contributed by atoms with Crippen molar-refractivity contribution in [1.29, 1.82) is 0 Å². The van der Waals surface area contributed by atoms with Crippen LogP contribution in [-0.4, -0.2) is 38.4 Å². The number of rotatable bonds is 2. The number of aromatic nitrogens is 2. The maximum atomic E-state index is 13.2. The molecule has 1 fully saturated rings. The summed E-state index contributed by atoms with van der Waals surface area (Å²) < 4.78 is 26.3. The maximum Gasteiger partial charge on any atom is 0.161 e. The summed E-state index contributed by atoms with van der Waals surface area (Å²) in [5, 5.41) is 22.2. The Morgan fingerprint density at radius 1 is 1.05 bits per heavy atom. The standard InChI is InChI=1S/C14H15F2N3O2/c15-8-4-10-11(5-9(8)16)19-14(6-17-10)18-7-1-2-12(20)13(21)3-7/h4-7,12-13,20-21H,1-3H2,(H,18,19)/t7?,12-,13+/m1/s1. The number of benzene rings is 1. The molecule has 0 spiro atoms. The largest absolute Gasteiger partial charge is 0.390 e. The number of nitrogens with one attached hydrogen (secondary N) is 1. The van der Waals surface area contributed by atoms with E-state index < -0.39 is 23.8 Å². The van der Waals surface area contributed by atoms with E-state index in [0.717, 1.165) is 12.1 Å². The van der Waals surface area contributed by atoms with Crippen molar-refractivity contribution in [3.8, 4) is 0 Å². The molecular weight excluding hydrogens is 280 g/mol. The number of halogens is 2. The Bertz CT molecular complexity index is 668. The number of aliphatic hydroxyl groups is 2. The Hall–Kier alpha value is -1.86. The van der Waals surface area contributed by atoms with E-state index in [-0.39, 0.29) is 17.1 Å².